The van der Waals surface area contributed by atoms with Gasteiger partial charge >= 0.3 is 5.97 Å². The van der Waals surface area contributed by atoms with E-state index in [1.807, 2.05) is 13.8 Å². The number of rotatable bonds is 13. The summed E-state index contributed by atoms with van der Waals surface area (Å²) in [6.07, 6.45) is 0.452. The molecule has 2 unspecified atom stereocenters. The van der Waals surface area contributed by atoms with E-state index in [1.165, 1.54) is 12.1 Å². The van der Waals surface area contributed by atoms with Gasteiger partial charge in [0.15, 0.2) is 0 Å². The third kappa shape index (κ3) is 11.5. The molecular formula is C21H31N5O7. The van der Waals surface area contributed by atoms with Gasteiger partial charge in [0, 0.05) is 0 Å². The molecule has 12 heteroatoms. The molecule has 1 aromatic rings. The second-order valence-electron chi connectivity index (χ2n) is 7.84. The number of carboxylic acid groups (broad SMARTS) is 1. The highest BCUT2D eigenvalue weighted by atomic mass is 16.4. The molecule has 0 heterocycles. The minimum atomic E-state index is -1.17. The molecule has 0 bridgehead atoms. The summed E-state index contributed by atoms with van der Waals surface area (Å²) in [4.78, 5) is 58.6. The quantitative estimate of drug-likeness (QED) is 0.177. The van der Waals surface area contributed by atoms with Crippen LogP contribution in [0.1, 0.15) is 25.8 Å². The van der Waals surface area contributed by atoms with Crippen molar-refractivity contribution in [3.05, 3.63) is 29.8 Å². The number of nitrogens with two attached hydrogens (primary N) is 1. The Morgan fingerprint density at radius 1 is 0.879 bits per heavy atom. The number of aliphatic carboxylic acids is 1. The van der Waals surface area contributed by atoms with Crippen LogP contribution in [0.15, 0.2) is 24.3 Å². The van der Waals surface area contributed by atoms with Gasteiger partial charge in [-0.25, -0.2) is 4.79 Å². The molecule has 182 valence electrons. The highest BCUT2D eigenvalue weighted by Gasteiger charge is 2.21. The van der Waals surface area contributed by atoms with Gasteiger partial charge in [-0.1, -0.05) is 26.0 Å². The maximum absolute atomic E-state index is 12.0. The van der Waals surface area contributed by atoms with Crippen molar-refractivity contribution in [2.75, 3.05) is 19.6 Å². The Morgan fingerprint density at radius 3 is 1.91 bits per heavy atom. The van der Waals surface area contributed by atoms with Gasteiger partial charge < -0.3 is 37.2 Å². The third-order valence-corrected chi connectivity index (χ3v) is 4.38. The first-order valence-electron chi connectivity index (χ1n) is 10.3. The molecular weight excluding hydrogens is 434 g/mol. The first-order chi connectivity index (χ1) is 15.5. The molecule has 12 nitrogen and oxygen atoms in total. The van der Waals surface area contributed by atoms with E-state index in [-0.39, 0.29) is 24.5 Å². The number of carboxylic acids is 1. The lowest BCUT2D eigenvalue weighted by Crippen LogP contribution is -2.49. The van der Waals surface area contributed by atoms with Gasteiger partial charge in [0.05, 0.1) is 25.7 Å². The summed E-state index contributed by atoms with van der Waals surface area (Å²) in [5.41, 5.74) is 6.53. The van der Waals surface area contributed by atoms with Crippen LogP contribution in [-0.4, -0.2) is 71.5 Å². The summed E-state index contributed by atoms with van der Waals surface area (Å²) in [6, 6.07) is 4.23. The Labute approximate surface area is 191 Å². The van der Waals surface area contributed by atoms with Crippen molar-refractivity contribution in [1.29, 1.82) is 0 Å². The molecule has 0 aliphatic rings. The van der Waals surface area contributed by atoms with Crippen LogP contribution in [0.25, 0.3) is 0 Å². The summed E-state index contributed by atoms with van der Waals surface area (Å²) in [5, 5.41) is 27.6. The maximum atomic E-state index is 12.0. The van der Waals surface area contributed by atoms with Crippen molar-refractivity contribution in [3.8, 4) is 5.75 Å². The van der Waals surface area contributed by atoms with Gasteiger partial charge in [-0.15, -0.1) is 0 Å². The van der Waals surface area contributed by atoms with Crippen LogP contribution in [0.4, 0.5) is 0 Å². The molecule has 0 spiro atoms. The molecule has 1 aromatic carbocycles. The molecule has 0 radical (unpaired) electrons. The van der Waals surface area contributed by atoms with E-state index in [1.54, 1.807) is 12.1 Å². The first kappa shape index (κ1) is 27.4. The zero-order valence-corrected chi connectivity index (χ0v) is 18.6. The summed E-state index contributed by atoms with van der Waals surface area (Å²) in [6.45, 7) is 2.36. The molecule has 0 fully saturated rings. The Hall–Kier alpha value is -3.67. The average Bonchev–Trinajstić information content (AvgIpc) is 2.75. The van der Waals surface area contributed by atoms with Crippen molar-refractivity contribution in [3.63, 3.8) is 0 Å². The first-order valence-corrected chi connectivity index (χ1v) is 10.3. The van der Waals surface area contributed by atoms with Crippen LogP contribution < -0.4 is 27.0 Å². The van der Waals surface area contributed by atoms with Crippen LogP contribution in [0, 0.1) is 5.92 Å². The van der Waals surface area contributed by atoms with E-state index >= 15 is 0 Å². The number of aromatic hydroxyl groups is 1. The van der Waals surface area contributed by atoms with Crippen molar-refractivity contribution < 1.29 is 34.2 Å². The number of phenols is 1. The lowest BCUT2D eigenvalue weighted by Gasteiger charge is -2.16. The summed E-state index contributed by atoms with van der Waals surface area (Å²) in [5.74, 6) is -3.55. The monoisotopic (exact) mass is 465 g/mol. The molecule has 33 heavy (non-hydrogen) atoms. The van der Waals surface area contributed by atoms with Crippen LogP contribution >= 0.6 is 0 Å². The predicted octanol–water partition coefficient (Wildman–Crippen LogP) is -1.77. The summed E-state index contributed by atoms with van der Waals surface area (Å²) >= 11 is 0. The van der Waals surface area contributed by atoms with E-state index in [9.17, 15) is 29.1 Å². The number of carbonyl (C=O) groups excluding carboxylic acids is 4. The molecule has 2 atom stereocenters. The molecule has 0 aliphatic carbocycles. The summed E-state index contributed by atoms with van der Waals surface area (Å²) in [7, 11) is 0. The van der Waals surface area contributed by atoms with E-state index < -0.39 is 61.3 Å². The largest absolute Gasteiger partial charge is 0.508 e. The number of hydrogen-bond acceptors (Lipinski definition) is 7. The lowest BCUT2D eigenvalue weighted by molar-refractivity contribution is -0.142. The van der Waals surface area contributed by atoms with Gasteiger partial charge in [0.2, 0.25) is 23.6 Å². The highest BCUT2D eigenvalue weighted by Crippen LogP contribution is 2.10. The van der Waals surface area contributed by atoms with Crippen molar-refractivity contribution in [1.82, 2.24) is 21.3 Å². The fourth-order valence-corrected chi connectivity index (χ4v) is 2.70. The van der Waals surface area contributed by atoms with E-state index in [4.69, 9.17) is 10.8 Å². The number of phenolic OH excluding ortho intramolecular Hbond substituents is 1. The van der Waals surface area contributed by atoms with E-state index in [0.29, 0.717) is 0 Å². The number of nitrogens with one attached hydrogen (secondary N) is 4. The Balaban J connectivity index is 2.28. The molecule has 1 rings (SSSR count). The highest BCUT2D eigenvalue weighted by molar-refractivity contribution is 5.91. The Kier molecular flexibility index (Phi) is 11.3. The lowest BCUT2D eigenvalue weighted by atomic mass is 10.0. The topological polar surface area (TPSA) is 200 Å². The number of amides is 4. The molecule has 8 N–H and O–H groups in total. The smallest absolute Gasteiger partial charge is 0.326 e. The normalized spacial score (nSPS) is 12.4. The molecule has 0 saturated carbocycles. The van der Waals surface area contributed by atoms with Crippen molar-refractivity contribution in [2.45, 2.75) is 38.8 Å². The zero-order valence-electron chi connectivity index (χ0n) is 18.6. The number of benzene rings is 1. The van der Waals surface area contributed by atoms with Gasteiger partial charge in [-0.05, 0) is 36.5 Å². The van der Waals surface area contributed by atoms with Gasteiger partial charge in [0.25, 0.3) is 0 Å². The van der Waals surface area contributed by atoms with Gasteiger partial charge in [-0.2, -0.15) is 0 Å². The second-order valence-corrected chi connectivity index (χ2v) is 7.84. The van der Waals surface area contributed by atoms with E-state index in [2.05, 4.69) is 21.3 Å². The zero-order chi connectivity index (χ0) is 25.0. The Bertz CT molecular complexity index is 842. The average molecular weight is 466 g/mol. The SMILES string of the molecule is CC(C)CC(NC(=O)CNC(=O)CNC(=O)CNC(=O)C(N)Cc1ccc(O)cc1)C(=O)O. The van der Waals surface area contributed by atoms with Crippen molar-refractivity contribution in [2.24, 2.45) is 11.7 Å². The minimum absolute atomic E-state index is 0.0547. The van der Waals surface area contributed by atoms with Crippen molar-refractivity contribution >= 4 is 29.6 Å². The summed E-state index contributed by atoms with van der Waals surface area (Å²) < 4.78 is 0. The van der Waals surface area contributed by atoms with Crippen LogP contribution in [-0.2, 0) is 30.4 Å². The predicted molar refractivity (Wildman–Crippen MR) is 118 cm³/mol. The van der Waals surface area contributed by atoms with Crippen LogP contribution in [0.2, 0.25) is 0 Å². The molecule has 0 aliphatic heterocycles. The molecule has 0 aromatic heterocycles. The number of carbonyl (C=O) groups is 5. The van der Waals surface area contributed by atoms with E-state index in [0.717, 1.165) is 5.56 Å². The fraction of sp³-hybridized carbons (Fsp3) is 0.476. The second kappa shape index (κ2) is 13.7. The standard InChI is InChI=1S/C21H31N5O7/c1-12(2)7-16(21(32)33)26-19(30)11-24-17(28)9-23-18(29)10-25-20(31)15(22)8-13-3-5-14(27)6-4-13/h3-6,12,15-16,27H,7-11,22H2,1-2H3,(H,23,29)(H,24,28)(H,25,31)(H,26,30)(H,32,33). The van der Waals surface area contributed by atoms with Gasteiger partial charge in [-0.3, -0.25) is 19.2 Å². The Morgan fingerprint density at radius 2 is 1.39 bits per heavy atom. The van der Waals surface area contributed by atoms with Crippen LogP contribution in [0.3, 0.4) is 0 Å². The third-order valence-electron chi connectivity index (χ3n) is 4.38. The maximum Gasteiger partial charge on any atom is 0.326 e. The molecule has 4 amide bonds. The fourth-order valence-electron chi connectivity index (χ4n) is 2.70. The minimum Gasteiger partial charge on any atom is -0.508 e. The number of hydrogen-bond donors (Lipinski definition) is 7. The van der Waals surface area contributed by atoms with Gasteiger partial charge in [0.1, 0.15) is 11.8 Å². The molecule has 0 saturated heterocycles. The van der Waals surface area contributed by atoms with Crippen LogP contribution in [0.5, 0.6) is 5.75 Å².